The first kappa shape index (κ1) is 104. The van der Waals surface area contributed by atoms with Gasteiger partial charge in [0.25, 0.3) is 0 Å². The Labute approximate surface area is 907 Å². The van der Waals surface area contributed by atoms with Gasteiger partial charge in [-0.3, -0.25) is 22.0 Å². The van der Waals surface area contributed by atoms with Crippen LogP contribution in [0.25, 0.3) is 61.6 Å². The average molecular weight is 2200 g/mol. The summed E-state index contributed by atoms with van der Waals surface area (Å²) in [7, 11) is 0. The summed E-state index contributed by atoms with van der Waals surface area (Å²) in [4.78, 5) is 56.7. The predicted molar refractivity (Wildman–Crippen MR) is 591 cm³/mol. The zero-order valence-corrected chi connectivity index (χ0v) is 91.1. The Morgan fingerprint density at radius 3 is 0.993 bits per heavy atom. The van der Waals surface area contributed by atoms with Gasteiger partial charge in [-0.1, -0.05) is 172 Å². The number of hydrogen-bond acceptors (Lipinski definition) is 31. The highest BCUT2D eigenvalue weighted by molar-refractivity contribution is 8.00. The maximum absolute atomic E-state index is 6.55. The van der Waals surface area contributed by atoms with Crippen molar-refractivity contribution >= 4 is 186 Å². The van der Waals surface area contributed by atoms with E-state index < -0.39 is 0 Å². The number of ether oxygens (including phenoxy) is 2. The number of anilines is 7. The molecule has 10 aliphatic rings. The summed E-state index contributed by atoms with van der Waals surface area (Å²) in [6.07, 6.45) is 40.3. The first-order chi connectivity index (χ1) is 71.4. The molecule has 44 heteroatoms. The van der Waals surface area contributed by atoms with Crippen LogP contribution in [0.3, 0.4) is 0 Å². The molecule has 5 spiro atoms. The van der Waals surface area contributed by atoms with Crippen LogP contribution >= 0.6 is 116 Å². The minimum atomic E-state index is 0.0610. The molecular weight excluding hydrogens is 2080 g/mol. The van der Waals surface area contributed by atoms with Gasteiger partial charge >= 0.3 is 0 Å². The number of halogens is 8. The van der Waals surface area contributed by atoms with E-state index in [0.717, 1.165) is 296 Å². The summed E-state index contributed by atoms with van der Waals surface area (Å²) in [6, 6.07) is 21.7. The van der Waals surface area contributed by atoms with Crippen molar-refractivity contribution in [2.24, 2.45) is 61.7 Å². The molecule has 7 saturated heterocycles. The van der Waals surface area contributed by atoms with E-state index >= 15 is 0 Å². The molecule has 10 fully saturated rings. The smallest absolute Gasteiger partial charge is 0.212 e. The second kappa shape index (κ2) is 42.7. The topological polar surface area (TPSA) is 432 Å². The number of aromatic nitrogens is 20. The van der Waals surface area contributed by atoms with Crippen molar-refractivity contribution in [1.82, 2.24) is 97.5 Å². The Morgan fingerprint density at radius 2 is 0.682 bits per heavy atom. The number of nitrogen functional groups attached to an aromatic ring is 2. The predicted octanol–water partition coefficient (Wildman–Crippen LogP) is 19.4. The van der Waals surface area contributed by atoms with Crippen LogP contribution in [0.5, 0.6) is 0 Å². The van der Waals surface area contributed by atoms with Gasteiger partial charge in [-0.2, -0.15) is 0 Å². The molecular formula is C104H122Cl8N32O2S2. The number of fused-ring (bicyclic) bond motifs is 5. The van der Waals surface area contributed by atoms with Gasteiger partial charge in [-0.15, -0.1) is 30.6 Å². The summed E-state index contributed by atoms with van der Waals surface area (Å²) in [5, 5.41) is 29.6. The van der Waals surface area contributed by atoms with Crippen molar-refractivity contribution in [3.05, 3.63) is 193 Å². The molecule has 19 heterocycles. The summed E-state index contributed by atoms with van der Waals surface area (Å²) < 4.78 is 21.7. The van der Waals surface area contributed by atoms with Crippen molar-refractivity contribution in [3.63, 3.8) is 0 Å². The maximum Gasteiger partial charge on any atom is 0.212 e. The normalized spacial score (nSPS) is 22.7. The Morgan fingerprint density at radius 1 is 0.351 bits per heavy atom. The quantitative estimate of drug-likeness (QED) is 0.0597. The van der Waals surface area contributed by atoms with Gasteiger partial charge in [0.15, 0.2) is 28.2 Å². The van der Waals surface area contributed by atoms with E-state index in [1.807, 2.05) is 118 Å². The number of hydrogen-bond donors (Lipinski definition) is 7. The number of benzene rings is 3. The number of pyridine rings is 2. The lowest BCUT2D eigenvalue weighted by Gasteiger charge is -2.42. The molecule has 14 N–H and O–H groups in total. The van der Waals surface area contributed by atoms with E-state index in [1.165, 1.54) is 55.6 Å². The first-order valence-corrected chi connectivity index (χ1v) is 55.5. The second-order valence-corrected chi connectivity index (χ2v) is 47.1. The lowest BCUT2D eigenvalue weighted by atomic mass is 9.73. The molecule has 3 aromatic carbocycles. The Kier molecular flexibility index (Phi) is 30.0. The van der Waals surface area contributed by atoms with E-state index in [4.69, 9.17) is 167 Å². The van der Waals surface area contributed by atoms with Crippen LogP contribution < -0.4 is 64.6 Å². The van der Waals surface area contributed by atoms with Gasteiger partial charge in [-0.05, 0) is 190 Å². The van der Waals surface area contributed by atoms with Crippen molar-refractivity contribution in [3.8, 4) is 33.4 Å². The Bertz CT molecular complexity index is 7260. The largest absolute Gasteiger partial charge is 0.382 e. The van der Waals surface area contributed by atoms with E-state index in [2.05, 4.69) is 100 Å². The number of imidazole rings is 2. The first-order valence-electron chi connectivity index (χ1n) is 50.9. The molecule has 778 valence electrons. The standard InChI is InChI=1S/C22H26Cl2N6.C21H24Cl2N6O.C21H24Cl2N6.C20H24ClN7OS.C20H24ClN7S/c1-13-10-17(25)22(11-13)6-8-29(9-7-22)21-27-14(2)18(20-28-26-12-30(20)21)15-4-3-5-16(23)19(15)24;1-12-16(14-4-3-5-15(22)17(14)23)19-27-25-11-29(19)20(26-12)28-8-6-21(7-9-28)10-30-13(2)18(21)24;1-13-17(14-4-2-5-15(22)18(14)23)19-27-25-12-29(19)20(26-13)28-10-8-21(9-11-28)7-3-6-16(21)24;1-12-16(22)20(11-29-12)3-7-27(8-4-20)19-26-10-14(18-25-6-9-28(18)19)30-13-2-5-24-17(23)15(13)21;21-16-13(3-7-24-17(16)23)29-14-12-26-19(28-11-8-25-18(14)28)27-9-5-20(6-10-27)4-1-2-15(20)22/h3-5,12-13,17H,6-11,25H2,1-2H3;3-5,11,13,18H,6-10,24H2,1-2H3;2,4-5,12,16H,3,6-11,24H2,1H3;2,5-6,9-10,12,16H,3-4,7-8,11,22H2,1H3,(H2,23,24);3,7-8,11-12,15H,1-2,4-6,9-10,22H2,(H2,23,24)/t13-,17+;13-,18+;16-;12-,16+;15-/m00101/s1. The van der Waals surface area contributed by atoms with E-state index in [1.54, 1.807) is 55.8 Å². The number of nitrogens with zero attached hydrogens (tertiary/aromatic N) is 25. The molecule has 148 heavy (non-hydrogen) atoms. The Balaban J connectivity index is 0.000000108. The number of nitrogens with two attached hydrogens (primary N) is 7. The molecule has 34 nitrogen and oxygen atoms in total. The van der Waals surface area contributed by atoms with Gasteiger partial charge in [0.2, 0.25) is 29.7 Å². The summed E-state index contributed by atoms with van der Waals surface area (Å²) >= 11 is 53.9. The van der Waals surface area contributed by atoms with Crippen molar-refractivity contribution in [1.29, 1.82) is 0 Å². The van der Waals surface area contributed by atoms with Crippen LogP contribution in [-0.4, -0.2) is 219 Å². The van der Waals surface area contributed by atoms with Crippen LogP contribution in [-0.2, 0) is 9.47 Å². The molecule has 0 bridgehead atoms. The molecule has 3 saturated carbocycles. The molecule has 8 atom stereocenters. The number of rotatable bonds is 12. The molecule has 0 unspecified atom stereocenters. The third-order valence-corrected chi connectivity index (χ3v) is 39.1. The fourth-order valence-electron chi connectivity index (χ4n) is 24.7. The van der Waals surface area contributed by atoms with Crippen LogP contribution in [0.1, 0.15) is 153 Å². The minimum Gasteiger partial charge on any atom is -0.382 e. The van der Waals surface area contributed by atoms with Gasteiger partial charge in [0.1, 0.15) is 30.6 Å². The molecule has 15 aromatic rings. The highest BCUT2D eigenvalue weighted by atomic mass is 35.5. The van der Waals surface area contributed by atoms with E-state index in [9.17, 15) is 0 Å². The fourth-order valence-corrected chi connectivity index (χ4v) is 28.2. The summed E-state index contributed by atoms with van der Waals surface area (Å²) in [6.45, 7) is 23.2. The van der Waals surface area contributed by atoms with Gasteiger partial charge in [0.05, 0.1) is 92.5 Å². The van der Waals surface area contributed by atoms with Gasteiger partial charge in [-0.25, -0.2) is 44.9 Å². The van der Waals surface area contributed by atoms with Crippen LogP contribution in [0, 0.1) is 53.8 Å². The van der Waals surface area contributed by atoms with Gasteiger partial charge in [0, 0.05) is 199 Å². The Hall–Kier alpha value is -9.81. The molecule has 12 aromatic heterocycles. The van der Waals surface area contributed by atoms with Crippen LogP contribution in [0.2, 0.25) is 40.2 Å². The van der Waals surface area contributed by atoms with E-state index in [0.29, 0.717) is 80.8 Å². The van der Waals surface area contributed by atoms with Gasteiger partial charge < -0.3 is 74.1 Å². The number of aryl methyl sites for hydroxylation is 3. The maximum atomic E-state index is 6.55. The third-order valence-electron chi connectivity index (χ3n) is 33.5. The molecule has 25 rings (SSSR count). The zero-order chi connectivity index (χ0) is 103. The fraction of sp³-hybridized carbons (Fsp3) is 0.471. The molecule has 7 aliphatic heterocycles. The SMILES string of the molecule is C[C@@H]1OCC2(CCN(c3ncc(Sc4ccnc(N)c4Cl)c4nccn34)CC2)[C@@H]1N.Cc1nc(N2CCC3(CC2)CO[C@@H](C)[C@H]3N)n2cnnc2c1-c1cccc(Cl)c1Cl.Cc1nc(N2CCC3(CC2)C[C@@H](C)C[C@H]3N)n2cnnc2c1-c1cccc(Cl)c1Cl.Cc1nc(N2CCC3(CCC[C@H]3N)CC2)n2cnnc2c1-c1cccc(Cl)c1Cl.Nc1nccc(Sc2cnc(N3CCC4(CCC[C@H]4N)CC3)n3ccnc23)c1Cl. The van der Waals surface area contributed by atoms with E-state index in [-0.39, 0.29) is 40.5 Å². The molecule has 0 amide bonds. The summed E-state index contributed by atoms with van der Waals surface area (Å²) in [5.74, 6) is 5.79. The minimum absolute atomic E-state index is 0.0610. The molecule has 0 radical (unpaired) electrons. The highest BCUT2D eigenvalue weighted by Crippen LogP contribution is 2.54. The lowest BCUT2D eigenvalue weighted by Crippen LogP contribution is -2.51. The van der Waals surface area contributed by atoms with Crippen LogP contribution in [0.4, 0.5) is 41.4 Å². The van der Waals surface area contributed by atoms with Crippen LogP contribution in [0.15, 0.2) is 155 Å². The molecule has 3 aliphatic carbocycles. The highest BCUT2D eigenvalue weighted by Gasteiger charge is 2.52. The second-order valence-electron chi connectivity index (χ2n) is 41.8. The lowest BCUT2D eigenvalue weighted by molar-refractivity contribution is 0.0972. The van der Waals surface area contributed by atoms with Crippen molar-refractivity contribution < 1.29 is 9.47 Å². The summed E-state index contributed by atoms with van der Waals surface area (Å²) in [5.41, 5.74) is 56.6. The monoisotopic (exact) mass is 2190 g/mol. The average Bonchev–Trinajstić information content (AvgIpc) is 1.57. The van der Waals surface area contributed by atoms with Crippen molar-refractivity contribution in [2.75, 3.05) is 115 Å². The van der Waals surface area contributed by atoms with Crippen molar-refractivity contribution in [2.45, 2.75) is 219 Å². The third kappa shape index (κ3) is 19.5. The number of piperidine rings is 5. The zero-order valence-electron chi connectivity index (χ0n) is 83.4.